The predicted octanol–water partition coefficient (Wildman–Crippen LogP) is 1.59. The number of nitrogens with zero attached hydrogens (tertiary/aromatic N) is 2. The quantitative estimate of drug-likeness (QED) is 0.835. The molecule has 17 heavy (non-hydrogen) atoms. The van der Waals surface area contributed by atoms with Crippen LogP contribution >= 0.6 is 11.8 Å². The first-order valence-corrected chi connectivity index (χ1v) is 6.90. The summed E-state index contributed by atoms with van der Waals surface area (Å²) in [4.78, 5) is 4.30. The molecule has 0 saturated carbocycles. The van der Waals surface area contributed by atoms with Crippen molar-refractivity contribution >= 4 is 11.8 Å². The summed E-state index contributed by atoms with van der Waals surface area (Å²) in [5.41, 5.74) is -0.0681. The fraction of sp³-hybridized carbons (Fsp3) is 0.818. The standard InChI is InChI=1S/C11H19N3O2S/c1-8(2)17-5-9-13-10(16-14-9)4-15-11(3)6-12-7-11/h8,12H,4-7H2,1-3H3. The molecule has 1 N–H and O–H groups in total. The van der Waals surface area contributed by atoms with Crippen molar-refractivity contribution in [3.8, 4) is 0 Å². The molecule has 0 aliphatic carbocycles. The number of hydrogen-bond acceptors (Lipinski definition) is 6. The highest BCUT2D eigenvalue weighted by Gasteiger charge is 2.32. The summed E-state index contributed by atoms with van der Waals surface area (Å²) in [5, 5.41) is 7.69. The third-order valence-corrected chi connectivity index (χ3v) is 3.69. The lowest BCUT2D eigenvalue weighted by atomic mass is 10.0. The first-order valence-electron chi connectivity index (χ1n) is 5.85. The lowest BCUT2D eigenvalue weighted by molar-refractivity contribution is -0.0841. The second kappa shape index (κ2) is 5.37. The second-order valence-electron chi connectivity index (χ2n) is 4.81. The Bertz CT molecular complexity index is 363. The van der Waals surface area contributed by atoms with E-state index < -0.39 is 0 Å². The molecule has 5 nitrogen and oxygen atoms in total. The fourth-order valence-electron chi connectivity index (χ4n) is 1.46. The maximum atomic E-state index is 5.72. The van der Waals surface area contributed by atoms with E-state index in [9.17, 15) is 0 Å². The minimum atomic E-state index is -0.0681. The molecule has 0 unspecified atom stereocenters. The zero-order valence-electron chi connectivity index (χ0n) is 10.5. The van der Waals surface area contributed by atoms with Gasteiger partial charge in [-0.2, -0.15) is 16.7 Å². The molecule has 96 valence electrons. The van der Waals surface area contributed by atoms with E-state index in [1.54, 1.807) is 11.8 Å². The molecule has 1 aliphatic heterocycles. The Morgan fingerprint density at radius 2 is 2.29 bits per heavy atom. The fourth-order valence-corrected chi connectivity index (χ4v) is 2.06. The van der Waals surface area contributed by atoms with Crippen molar-refractivity contribution < 1.29 is 9.26 Å². The van der Waals surface area contributed by atoms with Crippen LogP contribution in [0.2, 0.25) is 0 Å². The molecule has 2 heterocycles. The molecular weight excluding hydrogens is 238 g/mol. The number of nitrogens with one attached hydrogen (secondary N) is 1. The Balaban J connectivity index is 1.77. The number of ether oxygens (including phenoxy) is 1. The SMILES string of the molecule is CC(C)SCc1noc(COC2(C)CNC2)n1. The van der Waals surface area contributed by atoms with Crippen LogP contribution in [0.5, 0.6) is 0 Å². The van der Waals surface area contributed by atoms with E-state index >= 15 is 0 Å². The highest BCUT2D eigenvalue weighted by molar-refractivity contribution is 7.99. The van der Waals surface area contributed by atoms with Crippen LogP contribution in [0.25, 0.3) is 0 Å². The van der Waals surface area contributed by atoms with Gasteiger partial charge in [-0.15, -0.1) is 0 Å². The molecule has 0 aromatic carbocycles. The molecule has 1 aliphatic rings. The highest BCUT2D eigenvalue weighted by Crippen LogP contribution is 2.18. The molecule has 0 atom stereocenters. The maximum Gasteiger partial charge on any atom is 0.252 e. The van der Waals surface area contributed by atoms with Gasteiger partial charge in [-0.1, -0.05) is 19.0 Å². The van der Waals surface area contributed by atoms with E-state index in [2.05, 4.69) is 36.2 Å². The van der Waals surface area contributed by atoms with Crippen molar-refractivity contribution in [3.05, 3.63) is 11.7 Å². The molecule has 1 aromatic rings. The Labute approximate surface area is 106 Å². The molecular formula is C11H19N3O2S. The Hall–Kier alpha value is -0.590. The summed E-state index contributed by atoms with van der Waals surface area (Å²) in [7, 11) is 0. The van der Waals surface area contributed by atoms with E-state index in [-0.39, 0.29) is 5.60 Å². The van der Waals surface area contributed by atoms with Crippen molar-refractivity contribution in [1.29, 1.82) is 0 Å². The highest BCUT2D eigenvalue weighted by atomic mass is 32.2. The zero-order valence-corrected chi connectivity index (χ0v) is 11.3. The molecule has 1 saturated heterocycles. The van der Waals surface area contributed by atoms with Crippen LogP contribution in [0.3, 0.4) is 0 Å². The van der Waals surface area contributed by atoms with Crippen LogP contribution in [0, 0.1) is 0 Å². The van der Waals surface area contributed by atoms with Crippen LogP contribution in [-0.2, 0) is 17.1 Å². The molecule has 1 aromatic heterocycles. The normalized spacial score (nSPS) is 18.4. The van der Waals surface area contributed by atoms with E-state index in [4.69, 9.17) is 9.26 Å². The van der Waals surface area contributed by atoms with Crippen LogP contribution in [0.1, 0.15) is 32.5 Å². The minimum absolute atomic E-state index is 0.0681. The van der Waals surface area contributed by atoms with Gasteiger partial charge in [-0.25, -0.2) is 0 Å². The number of thioether (sulfide) groups is 1. The van der Waals surface area contributed by atoms with Crippen molar-refractivity contribution in [3.63, 3.8) is 0 Å². The Morgan fingerprint density at radius 3 is 2.88 bits per heavy atom. The lowest BCUT2D eigenvalue weighted by Gasteiger charge is -2.38. The number of hydrogen-bond donors (Lipinski definition) is 1. The van der Waals surface area contributed by atoms with E-state index in [1.807, 2.05) is 0 Å². The third-order valence-electron chi connectivity index (χ3n) is 2.60. The third kappa shape index (κ3) is 3.69. The smallest absolute Gasteiger partial charge is 0.252 e. The first-order chi connectivity index (χ1) is 8.07. The van der Waals surface area contributed by atoms with Crippen molar-refractivity contribution in [1.82, 2.24) is 15.5 Å². The van der Waals surface area contributed by atoms with Gasteiger partial charge in [-0.05, 0) is 12.2 Å². The van der Waals surface area contributed by atoms with Gasteiger partial charge in [0.15, 0.2) is 5.82 Å². The van der Waals surface area contributed by atoms with Gasteiger partial charge < -0.3 is 14.6 Å². The second-order valence-corrected chi connectivity index (χ2v) is 6.37. The first kappa shape index (κ1) is 12.9. The molecule has 0 amide bonds. The van der Waals surface area contributed by atoms with Crippen LogP contribution in [0.4, 0.5) is 0 Å². The summed E-state index contributed by atoms with van der Waals surface area (Å²) in [6.45, 7) is 8.56. The van der Waals surface area contributed by atoms with E-state index in [0.717, 1.165) is 24.7 Å². The summed E-state index contributed by atoms with van der Waals surface area (Å²) in [6, 6.07) is 0. The summed E-state index contributed by atoms with van der Waals surface area (Å²) in [6.07, 6.45) is 0. The minimum Gasteiger partial charge on any atom is -0.363 e. The monoisotopic (exact) mass is 257 g/mol. The summed E-state index contributed by atoms with van der Waals surface area (Å²) >= 11 is 1.80. The van der Waals surface area contributed by atoms with Gasteiger partial charge in [0.1, 0.15) is 6.61 Å². The summed E-state index contributed by atoms with van der Waals surface area (Å²) < 4.78 is 10.9. The van der Waals surface area contributed by atoms with Gasteiger partial charge in [0.25, 0.3) is 5.89 Å². The van der Waals surface area contributed by atoms with Gasteiger partial charge in [0.2, 0.25) is 0 Å². The van der Waals surface area contributed by atoms with Crippen molar-refractivity contribution in [2.75, 3.05) is 13.1 Å². The van der Waals surface area contributed by atoms with Gasteiger partial charge in [0, 0.05) is 13.1 Å². The zero-order chi connectivity index (χ0) is 12.3. The van der Waals surface area contributed by atoms with Gasteiger partial charge >= 0.3 is 0 Å². The van der Waals surface area contributed by atoms with E-state index in [1.165, 1.54) is 0 Å². The average molecular weight is 257 g/mol. The molecule has 0 spiro atoms. The number of rotatable bonds is 6. The van der Waals surface area contributed by atoms with Gasteiger partial charge in [-0.3, -0.25) is 0 Å². The van der Waals surface area contributed by atoms with Crippen LogP contribution in [0.15, 0.2) is 4.52 Å². The largest absolute Gasteiger partial charge is 0.363 e. The molecule has 0 radical (unpaired) electrons. The lowest BCUT2D eigenvalue weighted by Crippen LogP contribution is -2.58. The topological polar surface area (TPSA) is 60.2 Å². The van der Waals surface area contributed by atoms with E-state index in [0.29, 0.717) is 17.7 Å². The predicted molar refractivity (Wildman–Crippen MR) is 66.8 cm³/mol. The molecule has 2 rings (SSSR count). The molecule has 1 fully saturated rings. The molecule has 6 heteroatoms. The maximum absolute atomic E-state index is 5.72. The van der Waals surface area contributed by atoms with Crippen LogP contribution < -0.4 is 5.32 Å². The van der Waals surface area contributed by atoms with Crippen LogP contribution in [-0.4, -0.2) is 34.1 Å². The molecule has 0 bridgehead atoms. The van der Waals surface area contributed by atoms with Crippen molar-refractivity contribution in [2.45, 2.75) is 44.0 Å². The van der Waals surface area contributed by atoms with Gasteiger partial charge in [0.05, 0.1) is 11.4 Å². The number of aromatic nitrogens is 2. The Morgan fingerprint density at radius 1 is 1.53 bits per heavy atom. The van der Waals surface area contributed by atoms with Crippen molar-refractivity contribution in [2.24, 2.45) is 0 Å². The Kier molecular flexibility index (Phi) is 4.06. The average Bonchev–Trinajstić information content (AvgIpc) is 2.69. The summed E-state index contributed by atoms with van der Waals surface area (Å²) in [5.74, 6) is 2.11.